The minimum Gasteiger partial charge on any atom is -0.360 e. The molecule has 2 amide bonds. The number of benzene rings is 1. The van der Waals surface area contributed by atoms with Crippen molar-refractivity contribution in [3.63, 3.8) is 0 Å². The first-order valence-corrected chi connectivity index (χ1v) is 8.99. The zero-order valence-electron chi connectivity index (χ0n) is 15.6. The number of hydrogen-bond donors (Lipinski definition) is 1. The van der Waals surface area contributed by atoms with Gasteiger partial charge in [-0.1, -0.05) is 35.5 Å². The van der Waals surface area contributed by atoms with E-state index in [1.165, 1.54) is 0 Å². The maximum atomic E-state index is 12.5. The number of carbonyl (C=O) groups excluding carboxylic acids is 2. The van der Waals surface area contributed by atoms with Gasteiger partial charge in [-0.05, 0) is 25.0 Å². The highest BCUT2D eigenvalue weighted by molar-refractivity contribution is 5.95. The van der Waals surface area contributed by atoms with Crippen LogP contribution in [0.25, 0.3) is 5.57 Å². The summed E-state index contributed by atoms with van der Waals surface area (Å²) in [6, 6.07) is 11.5. The first kappa shape index (κ1) is 18.8. The van der Waals surface area contributed by atoms with Gasteiger partial charge in [0.1, 0.15) is 5.76 Å². The summed E-state index contributed by atoms with van der Waals surface area (Å²) in [5, 5.41) is 6.46. The van der Waals surface area contributed by atoms with Gasteiger partial charge in [0.25, 0.3) is 0 Å². The van der Waals surface area contributed by atoms with Crippen LogP contribution in [0.5, 0.6) is 0 Å². The first-order valence-electron chi connectivity index (χ1n) is 8.99. The standard InChI is InChI=1S/C20H24N4O3/c1-15(17-6-4-3-5-7-17)12-20(26)24-10-8-23(9-11-24)14-19(25)21-18-13-16(2)27-22-18/h3-7,12-13H,8-11,14H2,1-2H3,(H,21,22,25). The van der Waals surface area contributed by atoms with Crippen LogP contribution in [0.4, 0.5) is 5.82 Å². The molecule has 1 aromatic heterocycles. The van der Waals surface area contributed by atoms with Crippen LogP contribution in [-0.4, -0.2) is 59.5 Å². The molecule has 1 saturated heterocycles. The molecule has 7 heteroatoms. The van der Waals surface area contributed by atoms with Gasteiger partial charge in [0, 0.05) is 38.3 Å². The quantitative estimate of drug-likeness (QED) is 0.819. The molecule has 0 unspecified atom stereocenters. The van der Waals surface area contributed by atoms with Crippen LogP contribution < -0.4 is 5.32 Å². The highest BCUT2D eigenvalue weighted by atomic mass is 16.5. The molecule has 1 N–H and O–H groups in total. The van der Waals surface area contributed by atoms with Crippen LogP contribution in [-0.2, 0) is 9.59 Å². The van der Waals surface area contributed by atoms with E-state index in [9.17, 15) is 9.59 Å². The Balaban J connectivity index is 1.47. The molecule has 0 aliphatic carbocycles. The molecule has 0 radical (unpaired) electrons. The predicted octanol–water partition coefficient (Wildman–Crippen LogP) is 2.17. The number of piperazine rings is 1. The second-order valence-electron chi connectivity index (χ2n) is 6.67. The monoisotopic (exact) mass is 368 g/mol. The number of allylic oxidation sites excluding steroid dienone is 1. The van der Waals surface area contributed by atoms with E-state index in [2.05, 4.69) is 10.5 Å². The van der Waals surface area contributed by atoms with E-state index < -0.39 is 0 Å². The number of amides is 2. The molecule has 1 fully saturated rings. The first-order chi connectivity index (χ1) is 13.0. The lowest BCUT2D eigenvalue weighted by molar-refractivity contribution is -0.127. The highest BCUT2D eigenvalue weighted by Gasteiger charge is 2.22. The Morgan fingerprint density at radius 1 is 1.19 bits per heavy atom. The normalized spacial score (nSPS) is 15.6. The van der Waals surface area contributed by atoms with Crippen molar-refractivity contribution < 1.29 is 14.1 Å². The van der Waals surface area contributed by atoms with Crippen LogP contribution in [0.15, 0.2) is 47.0 Å². The predicted molar refractivity (Wildman–Crippen MR) is 103 cm³/mol. The Labute approximate surface area is 158 Å². The second kappa shape index (κ2) is 8.64. The molecule has 0 bridgehead atoms. The molecule has 7 nitrogen and oxygen atoms in total. The van der Waals surface area contributed by atoms with Gasteiger partial charge >= 0.3 is 0 Å². The summed E-state index contributed by atoms with van der Waals surface area (Å²) in [5.74, 6) is 0.950. The summed E-state index contributed by atoms with van der Waals surface area (Å²) in [6.45, 7) is 6.52. The lowest BCUT2D eigenvalue weighted by atomic mass is 10.1. The molecule has 0 saturated carbocycles. The number of aromatic nitrogens is 1. The van der Waals surface area contributed by atoms with Crippen LogP contribution in [0.2, 0.25) is 0 Å². The van der Waals surface area contributed by atoms with Gasteiger partial charge in [-0.2, -0.15) is 0 Å². The summed E-state index contributed by atoms with van der Waals surface area (Å²) >= 11 is 0. The fourth-order valence-electron chi connectivity index (χ4n) is 3.00. The van der Waals surface area contributed by atoms with Crippen LogP contribution in [0.1, 0.15) is 18.2 Å². The zero-order valence-corrected chi connectivity index (χ0v) is 15.6. The number of rotatable bonds is 5. The lowest BCUT2D eigenvalue weighted by Crippen LogP contribution is -2.50. The topological polar surface area (TPSA) is 78.7 Å². The van der Waals surface area contributed by atoms with E-state index in [-0.39, 0.29) is 18.4 Å². The Bertz CT molecular complexity index is 821. The molecule has 0 spiro atoms. The third-order valence-electron chi connectivity index (χ3n) is 4.52. The van der Waals surface area contributed by atoms with E-state index in [1.54, 1.807) is 19.1 Å². The van der Waals surface area contributed by atoms with Crippen molar-refractivity contribution in [1.82, 2.24) is 15.0 Å². The largest absolute Gasteiger partial charge is 0.360 e. The molecule has 1 aliphatic rings. The van der Waals surface area contributed by atoms with Crippen LogP contribution >= 0.6 is 0 Å². The van der Waals surface area contributed by atoms with Gasteiger partial charge in [-0.15, -0.1) is 0 Å². The van der Waals surface area contributed by atoms with Gasteiger partial charge in [-0.3, -0.25) is 14.5 Å². The second-order valence-corrected chi connectivity index (χ2v) is 6.67. The number of anilines is 1. The Kier molecular flexibility index (Phi) is 6.03. The molecule has 1 aromatic carbocycles. The molecule has 0 atom stereocenters. The SMILES string of the molecule is CC(=CC(=O)N1CCN(CC(=O)Nc2cc(C)on2)CC1)c1ccccc1. The fourth-order valence-corrected chi connectivity index (χ4v) is 3.00. The molecule has 2 heterocycles. The molecular formula is C20H24N4O3. The van der Waals surface area contributed by atoms with Gasteiger partial charge in [0.2, 0.25) is 11.8 Å². The number of nitrogens with zero attached hydrogens (tertiary/aromatic N) is 3. The van der Waals surface area contributed by atoms with Crippen molar-refractivity contribution in [2.45, 2.75) is 13.8 Å². The van der Waals surface area contributed by atoms with Crippen molar-refractivity contribution in [3.8, 4) is 0 Å². The lowest BCUT2D eigenvalue weighted by Gasteiger charge is -2.33. The third-order valence-corrected chi connectivity index (χ3v) is 4.52. The van der Waals surface area contributed by atoms with E-state index >= 15 is 0 Å². The Morgan fingerprint density at radius 3 is 2.52 bits per heavy atom. The van der Waals surface area contributed by atoms with E-state index in [0.29, 0.717) is 37.8 Å². The summed E-state index contributed by atoms with van der Waals surface area (Å²) in [6.07, 6.45) is 1.69. The van der Waals surface area contributed by atoms with Crippen molar-refractivity contribution >= 4 is 23.2 Å². The average Bonchev–Trinajstić information content (AvgIpc) is 3.07. The number of nitrogens with one attached hydrogen (secondary N) is 1. The molecule has 1 aliphatic heterocycles. The Morgan fingerprint density at radius 2 is 1.89 bits per heavy atom. The molecule has 2 aromatic rings. The average molecular weight is 368 g/mol. The van der Waals surface area contributed by atoms with Crippen molar-refractivity contribution in [3.05, 3.63) is 53.8 Å². The van der Waals surface area contributed by atoms with E-state index in [1.807, 2.05) is 47.1 Å². The van der Waals surface area contributed by atoms with Crippen LogP contribution in [0, 0.1) is 6.92 Å². The van der Waals surface area contributed by atoms with Crippen LogP contribution in [0.3, 0.4) is 0 Å². The number of carbonyl (C=O) groups is 2. The third kappa shape index (κ3) is 5.27. The Hall–Kier alpha value is -2.93. The number of aryl methyl sites for hydroxylation is 1. The molecule has 27 heavy (non-hydrogen) atoms. The molecule has 142 valence electrons. The summed E-state index contributed by atoms with van der Waals surface area (Å²) in [5.41, 5.74) is 1.99. The zero-order chi connectivity index (χ0) is 19.2. The summed E-state index contributed by atoms with van der Waals surface area (Å²) in [7, 11) is 0. The molecular weight excluding hydrogens is 344 g/mol. The smallest absolute Gasteiger partial charge is 0.246 e. The number of hydrogen-bond acceptors (Lipinski definition) is 5. The fraction of sp³-hybridized carbons (Fsp3) is 0.350. The maximum absolute atomic E-state index is 12.5. The van der Waals surface area contributed by atoms with Gasteiger partial charge in [0.15, 0.2) is 5.82 Å². The summed E-state index contributed by atoms with van der Waals surface area (Å²) < 4.78 is 4.93. The van der Waals surface area contributed by atoms with Gasteiger partial charge < -0.3 is 14.7 Å². The van der Waals surface area contributed by atoms with E-state index in [0.717, 1.165) is 11.1 Å². The molecule has 3 rings (SSSR count). The van der Waals surface area contributed by atoms with Crippen molar-refractivity contribution in [1.29, 1.82) is 0 Å². The summed E-state index contributed by atoms with van der Waals surface area (Å²) in [4.78, 5) is 28.4. The minimum atomic E-state index is -0.136. The van der Waals surface area contributed by atoms with Gasteiger partial charge in [0.05, 0.1) is 6.54 Å². The van der Waals surface area contributed by atoms with Crippen molar-refractivity contribution in [2.24, 2.45) is 0 Å². The maximum Gasteiger partial charge on any atom is 0.246 e. The highest BCUT2D eigenvalue weighted by Crippen LogP contribution is 2.14. The van der Waals surface area contributed by atoms with Crippen molar-refractivity contribution in [2.75, 3.05) is 38.0 Å². The van der Waals surface area contributed by atoms with E-state index in [4.69, 9.17) is 4.52 Å². The van der Waals surface area contributed by atoms with Gasteiger partial charge in [-0.25, -0.2) is 0 Å². The minimum absolute atomic E-state index is 0.0125.